The summed E-state index contributed by atoms with van der Waals surface area (Å²) in [5.41, 5.74) is 0. The van der Waals surface area contributed by atoms with Gasteiger partial charge in [0.05, 0.1) is 26.4 Å². The molecule has 17 heavy (non-hydrogen) atoms. The molecule has 2 heterocycles. The van der Waals surface area contributed by atoms with Crippen molar-refractivity contribution in [2.75, 3.05) is 33.0 Å². The van der Waals surface area contributed by atoms with E-state index in [2.05, 4.69) is 0 Å². The van der Waals surface area contributed by atoms with Crippen molar-refractivity contribution in [1.29, 1.82) is 0 Å². The Balaban J connectivity index is 1.60. The molecule has 1 N–H and O–H groups in total. The van der Waals surface area contributed by atoms with Crippen LogP contribution in [0.15, 0.2) is 0 Å². The molecule has 7 heteroatoms. The Bertz CT molecular complexity index is 225. The molecule has 0 radical (unpaired) electrons. The molecule has 0 aromatic heterocycles. The Kier molecular flexibility index (Phi) is 5.11. The molecule has 4 atom stereocenters. The van der Waals surface area contributed by atoms with Crippen LogP contribution in [-0.2, 0) is 28.4 Å². The minimum absolute atomic E-state index is 0.0741. The number of aliphatic hydroxyl groups is 1. The summed E-state index contributed by atoms with van der Waals surface area (Å²) in [7, 11) is 0. The maximum atomic E-state index is 8.84. The maximum absolute atomic E-state index is 8.84. The topological polar surface area (TPSA) is 75.6 Å². The maximum Gasteiger partial charge on any atom is 0.272 e. The quantitative estimate of drug-likeness (QED) is 0.676. The van der Waals surface area contributed by atoms with E-state index in [9.17, 15) is 0 Å². The first-order chi connectivity index (χ1) is 8.31. The second-order valence-electron chi connectivity index (χ2n) is 3.73. The average molecular weight is 250 g/mol. The van der Waals surface area contributed by atoms with Crippen molar-refractivity contribution < 1.29 is 33.5 Å². The van der Waals surface area contributed by atoms with Gasteiger partial charge >= 0.3 is 0 Å². The first-order valence-corrected chi connectivity index (χ1v) is 5.70. The minimum atomic E-state index is -0.734. The molecule has 2 aliphatic rings. The number of aliphatic hydroxyl groups excluding tert-OH is 1. The fourth-order valence-electron chi connectivity index (χ4n) is 1.52. The first kappa shape index (κ1) is 13.2. The lowest BCUT2D eigenvalue weighted by molar-refractivity contribution is -0.263. The van der Waals surface area contributed by atoms with E-state index in [1.54, 1.807) is 0 Å². The molecule has 0 bridgehead atoms. The summed E-state index contributed by atoms with van der Waals surface area (Å²) in [5.74, 6) is 0. The van der Waals surface area contributed by atoms with Crippen molar-refractivity contribution in [3.05, 3.63) is 0 Å². The summed E-state index contributed by atoms with van der Waals surface area (Å²) in [5, 5.41) is 8.84. The van der Waals surface area contributed by atoms with Crippen molar-refractivity contribution in [1.82, 2.24) is 0 Å². The third kappa shape index (κ3) is 3.85. The van der Waals surface area contributed by atoms with Gasteiger partial charge in [0.1, 0.15) is 12.2 Å². The van der Waals surface area contributed by atoms with Gasteiger partial charge in [-0.2, -0.15) is 0 Å². The fraction of sp³-hybridized carbons (Fsp3) is 1.00. The van der Waals surface area contributed by atoms with Crippen LogP contribution in [0.5, 0.6) is 0 Å². The SMILES string of the molecule is CCOC1OCC(COC2OCC(CO)O2)O1. The van der Waals surface area contributed by atoms with Crippen LogP contribution in [0.25, 0.3) is 0 Å². The predicted molar refractivity (Wildman–Crippen MR) is 53.9 cm³/mol. The number of ether oxygens (including phenoxy) is 6. The van der Waals surface area contributed by atoms with Crippen molar-refractivity contribution in [3.8, 4) is 0 Å². The van der Waals surface area contributed by atoms with E-state index >= 15 is 0 Å². The monoisotopic (exact) mass is 250 g/mol. The molecule has 100 valence electrons. The van der Waals surface area contributed by atoms with E-state index in [-0.39, 0.29) is 18.8 Å². The van der Waals surface area contributed by atoms with Gasteiger partial charge < -0.3 is 33.5 Å². The molecular weight excluding hydrogens is 232 g/mol. The Morgan fingerprint density at radius 1 is 1.06 bits per heavy atom. The standard InChI is InChI=1S/C10H18O7/c1-2-12-9-14-5-8(17-9)6-15-10-13-4-7(3-11)16-10/h7-11H,2-6H2,1H3. The van der Waals surface area contributed by atoms with Gasteiger partial charge in [-0.1, -0.05) is 0 Å². The van der Waals surface area contributed by atoms with E-state index in [0.717, 1.165) is 0 Å². The van der Waals surface area contributed by atoms with Crippen LogP contribution < -0.4 is 0 Å². The first-order valence-electron chi connectivity index (χ1n) is 5.70. The second-order valence-corrected chi connectivity index (χ2v) is 3.73. The van der Waals surface area contributed by atoms with Gasteiger partial charge in [0.15, 0.2) is 0 Å². The second kappa shape index (κ2) is 6.60. The summed E-state index contributed by atoms with van der Waals surface area (Å²) in [6, 6.07) is 0. The van der Waals surface area contributed by atoms with Crippen LogP contribution >= 0.6 is 0 Å². The lowest BCUT2D eigenvalue weighted by atomic mass is 10.4. The van der Waals surface area contributed by atoms with Gasteiger partial charge in [-0.3, -0.25) is 0 Å². The lowest BCUT2D eigenvalue weighted by Gasteiger charge is -2.14. The zero-order valence-corrected chi connectivity index (χ0v) is 9.74. The van der Waals surface area contributed by atoms with Crippen molar-refractivity contribution >= 4 is 0 Å². The Morgan fingerprint density at radius 3 is 2.35 bits per heavy atom. The molecule has 2 aliphatic heterocycles. The summed E-state index contributed by atoms with van der Waals surface area (Å²) in [4.78, 5) is 0. The highest BCUT2D eigenvalue weighted by atomic mass is 16.9. The lowest BCUT2D eigenvalue weighted by Crippen LogP contribution is -2.25. The van der Waals surface area contributed by atoms with Crippen molar-refractivity contribution in [2.24, 2.45) is 0 Å². The summed E-state index contributed by atoms with van der Waals surface area (Å²) in [6.07, 6.45) is -0.496. The van der Waals surface area contributed by atoms with Gasteiger partial charge in [0, 0.05) is 6.61 Å². The van der Waals surface area contributed by atoms with Crippen LogP contribution in [0, 0.1) is 0 Å². The van der Waals surface area contributed by atoms with Gasteiger partial charge in [-0.05, 0) is 6.92 Å². The van der Waals surface area contributed by atoms with Gasteiger partial charge in [-0.25, -0.2) is 0 Å². The molecule has 2 fully saturated rings. The van der Waals surface area contributed by atoms with Crippen molar-refractivity contribution in [3.63, 3.8) is 0 Å². The van der Waals surface area contributed by atoms with Crippen LogP contribution in [0.2, 0.25) is 0 Å². The molecule has 0 saturated carbocycles. The molecule has 0 aliphatic carbocycles. The highest BCUT2D eigenvalue weighted by Gasteiger charge is 2.30. The highest BCUT2D eigenvalue weighted by molar-refractivity contribution is 4.63. The summed E-state index contributed by atoms with van der Waals surface area (Å²) >= 11 is 0. The molecule has 0 aromatic rings. The number of hydrogen-bond acceptors (Lipinski definition) is 7. The van der Waals surface area contributed by atoms with Crippen LogP contribution in [-0.4, -0.2) is 63.3 Å². The number of rotatable bonds is 6. The fourth-order valence-corrected chi connectivity index (χ4v) is 1.52. The van der Waals surface area contributed by atoms with Gasteiger partial charge in [0.2, 0.25) is 0 Å². The van der Waals surface area contributed by atoms with Gasteiger partial charge in [0.25, 0.3) is 13.0 Å². The number of hydrogen-bond donors (Lipinski definition) is 1. The van der Waals surface area contributed by atoms with Crippen LogP contribution in [0.3, 0.4) is 0 Å². The van der Waals surface area contributed by atoms with Crippen LogP contribution in [0.1, 0.15) is 6.92 Å². The zero-order valence-electron chi connectivity index (χ0n) is 9.74. The third-order valence-electron chi connectivity index (χ3n) is 2.37. The summed E-state index contributed by atoms with van der Waals surface area (Å²) in [6.45, 7) is 2.04. The average Bonchev–Trinajstić information content (AvgIpc) is 2.95. The molecule has 0 spiro atoms. The van der Waals surface area contributed by atoms with E-state index in [4.69, 9.17) is 33.5 Å². The van der Waals surface area contributed by atoms with Gasteiger partial charge in [-0.15, -0.1) is 0 Å². The smallest absolute Gasteiger partial charge is 0.272 e. The third-order valence-corrected chi connectivity index (χ3v) is 2.37. The largest absolute Gasteiger partial charge is 0.394 e. The zero-order chi connectivity index (χ0) is 12.1. The Labute approximate surface area is 99.5 Å². The molecule has 2 saturated heterocycles. The van der Waals surface area contributed by atoms with E-state index in [0.29, 0.717) is 26.4 Å². The minimum Gasteiger partial charge on any atom is -0.394 e. The Morgan fingerprint density at radius 2 is 1.71 bits per heavy atom. The molecule has 2 rings (SSSR count). The molecular formula is C10H18O7. The summed E-state index contributed by atoms with van der Waals surface area (Å²) < 4.78 is 31.5. The normalized spacial score (nSPS) is 37.8. The van der Waals surface area contributed by atoms with Crippen molar-refractivity contribution in [2.45, 2.75) is 32.1 Å². The van der Waals surface area contributed by atoms with E-state index < -0.39 is 13.0 Å². The predicted octanol–water partition coefficient (Wildman–Crippen LogP) is -0.570. The molecule has 7 nitrogen and oxygen atoms in total. The van der Waals surface area contributed by atoms with Crippen LogP contribution in [0.4, 0.5) is 0 Å². The molecule has 0 amide bonds. The molecule has 0 aromatic carbocycles. The van der Waals surface area contributed by atoms with E-state index in [1.807, 2.05) is 6.92 Å². The molecule has 4 unspecified atom stereocenters. The Hall–Kier alpha value is -0.280. The highest BCUT2D eigenvalue weighted by Crippen LogP contribution is 2.16. The van der Waals surface area contributed by atoms with E-state index in [1.165, 1.54) is 0 Å².